The summed E-state index contributed by atoms with van der Waals surface area (Å²) in [5.74, 6) is -1.00. The van der Waals surface area contributed by atoms with Crippen molar-refractivity contribution in [1.82, 2.24) is 4.98 Å². The van der Waals surface area contributed by atoms with Crippen LogP contribution in [-0.4, -0.2) is 23.2 Å². The Morgan fingerprint density at radius 2 is 2.06 bits per heavy atom. The summed E-state index contributed by atoms with van der Waals surface area (Å²) in [7, 11) is 1.41. The predicted octanol–water partition coefficient (Wildman–Crippen LogP) is 2.05. The number of aliphatic carboxylic acids is 1. The largest absolute Gasteiger partial charge is 0.479 e. The molecule has 0 aliphatic carbocycles. The maximum atomic E-state index is 11.5. The highest BCUT2D eigenvalue weighted by atomic mass is 16.5. The molecule has 1 unspecified atom stereocenters. The zero-order chi connectivity index (χ0) is 12.4. The predicted molar refractivity (Wildman–Crippen MR) is 60.0 cm³/mol. The molecule has 4 heteroatoms. The second kappa shape index (κ2) is 4.22. The third kappa shape index (κ3) is 1.80. The summed E-state index contributed by atoms with van der Waals surface area (Å²) in [5, 5.41) is 9.46. The number of rotatable bonds is 3. The van der Waals surface area contributed by atoms with Crippen molar-refractivity contribution in [1.29, 1.82) is 0 Å². The maximum absolute atomic E-state index is 11.5. The van der Waals surface area contributed by atoms with Crippen molar-refractivity contribution in [2.75, 3.05) is 7.11 Å². The Morgan fingerprint density at radius 3 is 2.38 bits per heavy atom. The number of methoxy groups -OCH3 is 1. The standard InChI is InChI=1S/C12H17NO3/c1-11(2,3)12(16-4,10(14)15)9-6-5-7-13-8-9/h5-8H,1-4H3,(H,14,15). The molecule has 0 saturated carbocycles. The zero-order valence-corrected chi connectivity index (χ0v) is 10.0. The van der Waals surface area contributed by atoms with E-state index in [1.807, 2.05) is 20.8 Å². The summed E-state index contributed by atoms with van der Waals surface area (Å²) in [4.78, 5) is 15.5. The lowest BCUT2D eigenvalue weighted by atomic mass is 9.72. The van der Waals surface area contributed by atoms with E-state index in [0.717, 1.165) is 0 Å². The van der Waals surface area contributed by atoms with Crippen molar-refractivity contribution in [3.63, 3.8) is 0 Å². The second-order valence-corrected chi connectivity index (χ2v) is 4.68. The molecule has 0 aliphatic heterocycles. The Hall–Kier alpha value is -1.42. The van der Waals surface area contributed by atoms with Gasteiger partial charge in [0.15, 0.2) is 5.60 Å². The molecule has 16 heavy (non-hydrogen) atoms. The van der Waals surface area contributed by atoms with E-state index in [4.69, 9.17) is 4.74 Å². The lowest BCUT2D eigenvalue weighted by molar-refractivity contribution is -0.180. The molecule has 0 bridgehead atoms. The fourth-order valence-corrected chi connectivity index (χ4v) is 1.96. The summed E-state index contributed by atoms with van der Waals surface area (Å²) in [6.07, 6.45) is 3.14. The number of ether oxygens (including phenoxy) is 1. The molecule has 0 aliphatic rings. The molecular formula is C12H17NO3. The van der Waals surface area contributed by atoms with Crippen molar-refractivity contribution in [3.05, 3.63) is 30.1 Å². The van der Waals surface area contributed by atoms with E-state index in [1.54, 1.807) is 18.3 Å². The van der Waals surface area contributed by atoms with E-state index >= 15 is 0 Å². The summed E-state index contributed by atoms with van der Waals surface area (Å²) in [6.45, 7) is 5.49. The van der Waals surface area contributed by atoms with Crippen molar-refractivity contribution in [3.8, 4) is 0 Å². The van der Waals surface area contributed by atoms with Crippen molar-refractivity contribution < 1.29 is 14.6 Å². The lowest BCUT2D eigenvalue weighted by Gasteiger charge is -2.39. The van der Waals surface area contributed by atoms with E-state index in [9.17, 15) is 9.90 Å². The summed E-state index contributed by atoms with van der Waals surface area (Å²) >= 11 is 0. The minimum atomic E-state index is -1.37. The molecule has 1 heterocycles. The van der Waals surface area contributed by atoms with Crippen LogP contribution in [-0.2, 0) is 15.1 Å². The number of pyridine rings is 1. The maximum Gasteiger partial charge on any atom is 0.341 e. The quantitative estimate of drug-likeness (QED) is 0.852. The lowest BCUT2D eigenvalue weighted by Crippen LogP contribution is -2.48. The van der Waals surface area contributed by atoms with Crippen LogP contribution in [0.2, 0.25) is 0 Å². The third-order valence-electron chi connectivity index (χ3n) is 2.73. The molecule has 1 aromatic heterocycles. The molecule has 1 aromatic rings. The van der Waals surface area contributed by atoms with Gasteiger partial charge in [0.2, 0.25) is 0 Å². The zero-order valence-electron chi connectivity index (χ0n) is 10.0. The van der Waals surface area contributed by atoms with E-state index in [2.05, 4.69) is 4.98 Å². The van der Waals surface area contributed by atoms with Crippen molar-refractivity contribution >= 4 is 5.97 Å². The van der Waals surface area contributed by atoms with Gasteiger partial charge in [-0.2, -0.15) is 0 Å². The molecule has 0 amide bonds. The number of aromatic nitrogens is 1. The first-order valence-corrected chi connectivity index (χ1v) is 5.05. The molecule has 0 saturated heterocycles. The number of carboxylic acid groups (broad SMARTS) is 1. The molecular weight excluding hydrogens is 206 g/mol. The SMILES string of the molecule is COC(C(=O)O)(c1cccnc1)C(C)(C)C. The van der Waals surface area contributed by atoms with Gasteiger partial charge in [0.05, 0.1) is 0 Å². The van der Waals surface area contributed by atoms with Crippen LogP contribution in [0.15, 0.2) is 24.5 Å². The first-order chi connectivity index (χ1) is 7.36. The number of hydrogen-bond acceptors (Lipinski definition) is 3. The van der Waals surface area contributed by atoms with Gasteiger partial charge in [-0.25, -0.2) is 4.79 Å². The Labute approximate surface area is 95.3 Å². The number of hydrogen-bond donors (Lipinski definition) is 1. The van der Waals surface area contributed by atoms with Crippen molar-refractivity contribution in [2.24, 2.45) is 5.41 Å². The average Bonchev–Trinajstić information content (AvgIpc) is 2.18. The molecule has 88 valence electrons. The molecule has 1 rings (SSSR count). The van der Waals surface area contributed by atoms with Gasteiger partial charge >= 0.3 is 5.97 Å². The number of carbonyl (C=O) groups is 1. The topological polar surface area (TPSA) is 59.4 Å². The van der Waals surface area contributed by atoms with E-state index in [0.29, 0.717) is 5.56 Å². The van der Waals surface area contributed by atoms with Gasteiger partial charge in [-0.1, -0.05) is 26.8 Å². The first-order valence-electron chi connectivity index (χ1n) is 5.05. The number of nitrogens with zero attached hydrogens (tertiary/aromatic N) is 1. The van der Waals surface area contributed by atoms with Crippen LogP contribution >= 0.6 is 0 Å². The summed E-state index contributed by atoms with van der Waals surface area (Å²) in [6, 6.07) is 3.42. The van der Waals surface area contributed by atoms with E-state index in [-0.39, 0.29) is 0 Å². The van der Waals surface area contributed by atoms with Crippen LogP contribution in [0.4, 0.5) is 0 Å². The molecule has 0 fully saturated rings. The van der Waals surface area contributed by atoms with Crippen LogP contribution in [0.5, 0.6) is 0 Å². The minimum absolute atomic E-state index is 0.553. The fraction of sp³-hybridized carbons (Fsp3) is 0.500. The van der Waals surface area contributed by atoms with Crippen LogP contribution in [0.1, 0.15) is 26.3 Å². The Bertz CT molecular complexity index is 370. The van der Waals surface area contributed by atoms with Crippen LogP contribution in [0, 0.1) is 5.41 Å². The first kappa shape index (κ1) is 12.6. The van der Waals surface area contributed by atoms with Crippen molar-refractivity contribution in [2.45, 2.75) is 26.4 Å². The monoisotopic (exact) mass is 223 g/mol. The third-order valence-corrected chi connectivity index (χ3v) is 2.73. The fourth-order valence-electron chi connectivity index (χ4n) is 1.96. The van der Waals surface area contributed by atoms with Crippen LogP contribution < -0.4 is 0 Å². The molecule has 0 aromatic carbocycles. The highest BCUT2D eigenvalue weighted by Gasteiger charge is 2.51. The van der Waals surface area contributed by atoms with E-state index in [1.165, 1.54) is 13.3 Å². The average molecular weight is 223 g/mol. The second-order valence-electron chi connectivity index (χ2n) is 4.68. The highest BCUT2D eigenvalue weighted by molar-refractivity contribution is 5.80. The van der Waals surface area contributed by atoms with Crippen LogP contribution in [0.3, 0.4) is 0 Å². The summed E-state index contributed by atoms with van der Waals surface area (Å²) in [5.41, 5.74) is -1.39. The van der Waals surface area contributed by atoms with Gasteiger partial charge in [-0.05, 0) is 6.07 Å². The van der Waals surface area contributed by atoms with Gasteiger partial charge < -0.3 is 9.84 Å². The smallest absolute Gasteiger partial charge is 0.341 e. The molecule has 1 N–H and O–H groups in total. The normalized spacial score (nSPS) is 15.5. The molecule has 1 atom stereocenters. The van der Waals surface area contributed by atoms with Gasteiger partial charge in [0.25, 0.3) is 0 Å². The molecule has 0 spiro atoms. The minimum Gasteiger partial charge on any atom is -0.479 e. The Kier molecular flexibility index (Phi) is 3.33. The van der Waals surface area contributed by atoms with Gasteiger partial charge in [-0.3, -0.25) is 4.98 Å². The molecule has 0 radical (unpaired) electrons. The van der Waals surface area contributed by atoms with E-state index < -0.39 is 17.0 Å². The number of carboxylic acids is 1. The van der Waals surface area contributed by atoms with Gasteiger partial charge in [0, 0.05) is 30.5 Å². The molecule has 4 nitrogen and oxygen atoms in total. The Morgan fingerprint density at radius 1 is 1.44 bits per heavy atom. The van der Waals surface area contributed by atoms with Gasteiger partial charge in [0.1, 0.15) is 0 Å². The van der Waals surface area contributed by atoms with Gasteiger partial charge in [-0.15, -0.1) is 0 Å². The van der Waals surface area contributed by atoms with Crippen LogP contribution in [0.25, 0.3) is 0 Å². The Balaban J connectivity index is 3.42. The highest BCUT2D eigenvalue weighted by Crippen LogP contribution is 2.42. The summed E-state index contributed by atoms with van der Waals surface area (Å²) < 4.78 is 5.31.